The largest absolute Gasteiger partial charge is 0.398 e. The molecule has 2 N–H and O–H groups in total. The topological polar surface area (TPSA) is 94.1 Å². The molecule has 0 atom stereocenters. The first-order valence-corrected chi connectivity index (χ1v) is 8.14. The highest BCUT2D eigenvalue weighted by molar-refractivity contribution is 7.89. The standard InChI is InChI=1S/C12H14ClN5O2S/c1-8-10(13)4-9(5-11(8)14)21(19,20)18-3-2-17-7-15-16-12(17)6-18/h4-5,7H,2-3,6,14H2,1H3. The Morgan fingerprint density at radius 2 is 2.10 bits per heavy atom. The van der Waals surface area contributed by atoms with Crippen LogP contribution in [0.4, 0.5) is 5.69 Å². The summed E-state index contributed by atoms with van der Waals surface area (Å²) in [5, 5.41) is 8.04. The first kappa shape index (κ1) is 14.3. The average molecular weight is 328 g/mol. The van der Waals surface area contributed by atoms with Gasteiger partial charge in [0.15, 0.2) is 0 Å². The van der Waals surface area contributed by atoms with Crippen molar-refractivity contribution in [3.63, 3.8) is 0 Å². The Hall–Kier alpha value is -1.64. The SMILES string of the molecule is Cc1c(N)cc(S(=O)(=O)N2CCn3cnnc3C2)cc1Cl. The molecule has 1 aliphatic heterocycles. The summed E-state index contributed by atoms with van der Waals surface area (Å²) in [6.07, 6.45) is 1.60. The molecule has 2 heterocycles. The molecular weight excluding hydrogens is 314 g/mol. The summed E-state index contributed by atoms with van der Waals surface area (Å²) < 4.78 is 28.6. The minimum absolute atomic E-state index is 0.101. The fraction of sp³-hybridized carbons (Fsp3) is 0.333. The lowest BCUT2D eigenvalue weighted by molar-refractivity contribution is 0.335. The van der Waals surface area contributed by atoms with Gasteiger partial charge in [0.25, 0.3) is 0 Å². The zero-order chi connectivity index (χ0) is 15.2. The molecule has 2 aromatic rings. The van der Waals surface area contributed by atoms with Gasteiger partial charge in [0.2, 0.25) is 10.0 Å². The van der Waals surface area contributed by atoms with E-state index in [-0.39, 0.29) is 11.4 Å². The van der Waals surface area contributed by atoms with E-state index in [2.05, 4.69) is 10.2 Å². The smallest absolute Gasteiger partial charge is 0.243 e. The van der Waals surface area contributed by atoms with E-state index in [9.17, 15) is 8.42 Å². The van der Waals surface area contributed by atoms with Crippen molar-refractivity contribution in [3.05, 3.63) is 34.9 Å². The number of nitrogens with two attached hydrogens (primary N) is 1. The Morgan fingerprint density at radius 1 is 1.33 bits per heavy atom. The van der Waals surface area contributed by atoms with Crippen molar-refractivity contribution >= 4 is 27.3 Å². The summed E-state index contributed by atoms with van der Waals surface area (Å²) >= 11 is 6.04. The molecule has 21 heavy (non-hydrogen) atoms. The summed E-state index contributed by atoms with van der Waals surface area (Å²) in [6, 6.07) is 2.87. The van der Waals surface area contributed by atoms with Gasteiger partial charge in [-0.15, -0.1) is 10.2 Å². The van der Waals surface area contributed by atoms with Gasteiger partial charge in [-0.2, -0.15) is 4.31 Å². The predicted octanol–water partition coefficient (Wildman–Crippen LogP) is 1.03. The molecule has 0 bridgehead atoms. The van der Waals surface area contributed by atoms with E-state index in [1.165, 1.54) is 16.4 Å². The Kier molecular flexibility index (Phi) is 3.39. The zero-order valence-corrected chi connectivity index (χ0v) is 12.9. The number of halogens is 1. The zero-order valence-electron chi connectivity index (χ0n) is 11.3. The molecule has 0 saturated carbocycles. The summed E-state index contributed by atoms with van der Waals surface area (Å²) in [4.78, 5) is 0.101. The van der Waals surface area contributed by atoms with Crippen LogP contribution in [0.5, 0.6) is 0 Å². The van der Waals surface area contributed by atoms with Gasteiger partial charge in [-0.1, -0.05) is 11.6 Å². The second-order valence-electron chi connectivity index (χ2n) is 4.90. The fourth-order valence-corrected chi connectivity index (χ4v) is 3.96. The molecule has 0 radical (unpaired) electrons. The average Bonchev–Trinajstić information content (AvgIpc) is 2.91. The highest BCUT2D eigenvalue weighted by Gasteiger charge is 2.30. The Morgan fingerprint density at radius 3 is 2.81 bits per heavy atom. The molecule has 0 spiro atoms. The molecule has 0 unspecified atom stereocenters. The number of sulfonamides is 1. The molecule has 3 rings (SSSR count). The molecular formula is C12H14ClN5O2S. The van der Waals surface area contributed by atoms with Crippen LogP contribution >= 0.6 is 11.6 Å². The molecule has 9 heteroatoms. The van der Waals surface area contributed by atoms with Crippen molar-refractivity contribution < 1.29 is 8.42 Å². The molecule has 7 nitrogen and oxygen atoms in total. The van der Waals surface area contributed by atoms with Crippen LogP contribution in [-0.4, -0.2) is 34.0 Å². The lowest BCUT2D eigenvalue weighted by Gasteiger charge is -2.26. The van der Waals surface area contributed by atoms with Gasteiger partial charge in [-0.25, -0.2) is 8.42 Å². The quantitative estimate of drug-likeness (QED) is 0.831. The van der Waals surface area contributed by atoms with Crippen molar-refractivity contribution in [2.45, 2.75) is 24.9 Å². The van der Waals surface area contributed by atoms with Crippen LogP contribution in [0.25, 0.3) is 0 Å². The Balaban J connectivity index is 1.98. The molecule has 0 saturated heterocycles. The summed E-state index contributed by atoms with van der Waals surface area (Å²) in [5.74, 6) is 0.621. The number of nitrogens with zero attached hydrogens (tertiary/aromatic N) is 4. The van der Waals surface area contributed by atoms with Crippen LogP contribution < -0.4 is 5.73 Å². The molecule has 0 amide bonds. The predicted molar refractivity (Wildman–Crippen MR) is 78.2 cm³/mol. The van der Waals surface area contributed by atoms with Gasteiger partial charge >= 0.3 is 0 Å². The molecule has 0 aliphatic carbocycles. The third-order valence-electron chi connectivity index (χ3n) is 3.60. The lowest BCUT2D eigenvalue weighted by Crippen LogP contribution is -2.38. The maximum atomic E-state index is 12.7. The summed E-state index contributed by atoms with van der Waals surface area (Å²) in [6.45, 7) is 2.82. The van der Waals surface area contributed by atoms with Gasteiger partial charge in [0.1, 0.15) is 12.2 Å². The van der Waals surface area contributed by atoms with Crippen molar-refractivity contribution in [1.29, 1.82) is 0 Å². The first-order valence-electron chi connectivity index (χ1n) is 6.32. The third kappa shape index (κ3) is 2.39. The number of benzene rings is 1. The highest BCUT2D eigenvalue weighted by atomic mass is 35.5. The molecule has 1 aromatic heterocycles. The number of rotatable bonds is 2. The molecule has 112 valence electrons. The van der Waals surface area contributed by atoms with E-state index in [0.29, 0.717) is 35.2 Å². The second-order valence-corrected chi connectivity index (χ2v) is 7.24. The van der Waals surface area contributed by atoms with Crippen molar-refractivity contribution in [2.24, 2.45) is 0 Å². The van der Waals surface area contributed by atoms with Crippen molar-refractivity contribution in [1.82, 2.24) is 19.1 Å². The maximum Gasteiger partial charge on any atom is 0.243 e. The van der Waals surface area contributed by atoms with Crippen LogP contribution in [0.1, 0.15) is 11.4 Å². The second kappa shape index (κ2) is 4.97. The Labute approximate surface area is 127 Å². The van der Waals surface area contributed by atoms with Gasteiger partial charge in [0.05, 0.1) is 11.4 Å². The van der Waals surface area contributed by atoms with Crippen molar-refractivity contribution in [3.8, 4) is 0 Å². The first-order chi connectivity index (χ1) is 9.89. The lowest BCUT2D eigenvalue weighted by atomic mass is 10.2. The van der Waals surface area contributed by atoms with E-state index in [1.807, 2.05) is 4.57 Å². The third-order valence-corrected chi connectivity index (χ3v) is 5.82. The van der Waals surface area contributed by atoms with E-state index < -0.39 is 10.0 Å². The van der Waals surface area contributed by atoms with E-state index in [0.717, 1.165) is 0 Å². The summed E-state index contributed by atoms with van der Waals surface area (Å²) in [7, 11) is -3.66. The van der Waals surface area contributed by atoms with E-state index in [1.54, 1.807) is 13.3 Å². The maximum absolute atomic E-state index is 12.7. The van der Waals surface area contributed by atoms with Gasteiger partial charge in [-0.05, 0) is 24.6 Å². The number of nitrogen functional groups attached to an aromatic ring is 1. The van der Waals surface area contributed by atoms with Gasteiger partial charge in [0, 0.05) is 23.8 Å². The van der Waals surface area contributed by atoms with E-state index in [4.69, 9.17) is 17.3 Å². The number of anilines is 1. The number of fused-ring (bicyclic) bond motifs is 1. The van der Waals surface area contributed by atoms with Gasteiger partial charge in [-0.3, -0.25) is 0 Å². The minimum atomic E-state index is -3.66. The molecule has 0 fully saturated rings. The highest BCUT2D eigenvalue weighted by Crippen LogP contribution is 2.28. The molecule has 1 aliphatic rings. The van der Waals surface area contributed by atoms with E-state index >= 15 is 0 Å². The summed E-state index contributed by atoms with van der Waals surface area (Å²) in [5.41, 5.74) is 6.85. The number of hydrogen-bond donors (Lipinski definition) is 1. The van der Waals surface area contributed by atoms with Gasteiger partial charge < -0.3 is 10.3 Å². The monoisotopic (exact) mass is 327 g/mol. The van der Waals surface area contributed by atoms with Crippen LogP contribution in [-0.2, 0) is 23.1 Å². The van der Waals surface area contributed by atoms with Crippen LogP contribution in [0.15, 0.2) is 23.4 Å². The van der Waals surface area contributed by atoms with Crippen LogP contribution in [0, 0.1) is 6.92 Å². The van der Waals surface area contributed by atoms with Crippen LogP contribution in [0.2, 0.25) is 5.02 Å². The number of aromatic nitrogens is 3. The van der Waals surface area contributed by atoms with Crippen LogP contribution in [0.3, 0.4) is 0 Å². The normalized spacial score (nSPS) is 15.9. The minimum Gasteiger partial charge on any atom is -0.398 e. The fourth-order valence-electron chi connectivity index (χ4n) is 2.22. The molecule has 1 aromatic carbocycles. The number of hydrogen-bond acceptors (Lipinski definition) is 5. The Bertz CT molecular complexity index is 779. The van der Waals surface area contributed by atoms with Crippen molar-refractivity contribution in [2.75, 3.05) is 12.3 Å².